The van der Waals surface area contributed by atoms with Crippen molar-refractivity contribution in [3.05, 3.63) is 11.8 Å². The van der Waals surface area contributed by atoms with Crippen LogP contribution in [0.25, 0.3) is 0 Å². The van der Waals surface area contributed by atoms with Crippen molar-refractivity contribution in [3.8, 4) is 0 Å². The molecule has 0 aromatic rings. The fourth-order valence-electron chi connectivity index (χ4n) is 1.50. The van der Waals surface area contributed by atoms with E-state index < -0.39 is 6.23 Å². The second-order valence-corrected chi connectivity index (χ2v) is 3.64. The van der Waals surface area contributed by atoms with Crippen LogP contribution in [-0.2, 0) is 0 Å². The third-order valence-electron chi connectivity index (χ3n) is 2.12. The molecule has 0 bridgehead atoms. The Kier molecular flexibility index (Phi) is 3.99. The Morgan fingerprint density at radius 1 is 1.73 bits per heavy atom. The quantitative estimate of drug-likeness (QED) is 0.400. The number of hydrogen-bond donors (Lipinski definition) is 2. The van der Waals surface area contributed by atoms with E-state index in [0.717, 1.165) is 11.4 Å². The van der Waals surface area contributed by atoms with Gasteiger partial charge in [-0.25, -0.2) is 0 Å². The maximum Gasteiger partial charge on any atom is 0.123 e. The van der Waals surface area contributed by atoms with Gasteiger partial charge in [0.2, 0.25) is 0 Å². The van der Waals surface area contributed by atoms with Crippen molar-refractivity contribution in [2.75, 3.05) is 6.54 Å². The molecule has 5 heteroatoms. The van der Waals surface area contributed by atoms with E-state index in [1.807, 2.05) is 31.7 Å². The Bertz CT molecular complexity index is 307. The molecule has 0 saturated carbocycles. The Hall–Kier alpha value is -1.20. The van der Waals surface area contributed by atoms with Crippen molar-refractivity contribution in [1.29, 1.82) is 0 Å². The average Bonchev–Trinajstić information content (AvgIpc) is 2.08. The molecule has 0 aromatic heterocycles. The predicted molar refractivity (Wildman–Crippen MR) is 61.7 cm³/mol. The first-order chi connectivity index (χ1) is 7.00. The van der Waals surface area contributed by atoms with Gasteiger partial charge >= 0.3 is 0 Å². The highest BCUT2D eigenvalue weighted by Gasteiger charge is 2.15. The van der Waals surface area contributed by atoms with Gasteiger partial charge in [0, 0.05) is 11.4 Å². The van der Waals surface area contributed by atoms with Gasteiger partial charge in [-0.15, -0.1) is 0 Å². The maximum absolute atomic E-state index is 8.86. The zero-order valence-corrected chi connectivity index (χ0v) is 9.38. The molecule has 5 nitrogen and oxygen atoms in total. The molecular formula is C10H18N4O. The molecule has 1 rings (SSSR count). The lowest BCUT2D eigenvalue weighted by Crippen LogP contribution is -2.33. The maximum atomic E-state index is 8.86. The number of aliphatic imine (C=N–C) groups is 2. The Balaban J connectivity index is 2.64. The molecule has 15 heavy (non-hydrogen) atoms. The van der Waals surface area contributed by atoms with E-state index in [1.54, 1.807) is 6.34 Å². The van der Waals surface area contributed by atoms with Gasteiger partial charge in [-0.1, -0.05) is 0 Å². The molecular weight excluding hydrogens is 192 g/mol. The average molecular weight is 210 g/mol. The minimum Gasteiger partial charge on any atom is -0.377 e. The summed E-state index contributed by atoms with van der Waals surface area (Å²) in [5, 5.41) is 8.86. The number of nitrogens with zero attached hydrogens (tertiary/aromatic N) is 3. The highest BCUT2D eigenvalue weighted by Crippen LogP contribution is 2.13. The number of allylic oxidation sites excluding steroid dienone is 2. The van der Waals surface area contributed by atoms with E-state index in [9.17, 15) is 0 Å². The predicted octanol–water partition coefficient (Wildman–Crippen LogP) is 0.318. The zero-order valence-electron chi connectivity index (χ0n) is 9.38. The van der Waals surface area contributed by atoms with Crippen LogP contribution in [0.4, 0.5) is 0 Å². The first-order valence-electron chi connectivity index (χ1n) is 4.95. The number of hydrogen-bond acceptors (Lipinski definition) is 4. The zero-order chi connectivity index (χ0) is 11.4. The molecule has 1 aliphatic heterocycles. The van der Waals surface area contributed by atoms with Crippen LogP contribution in [-0.4, -0.2) is 41.0 Å². The van der Waals surface area contributed by atoms with Gasteiger partial charge in [0.25, 0.3) is 0 Å². The molecule has 0 saturated heterocycles. The molecule has 84 valence electrons. The van der Waals surface area contributed by atoms with E-state index in [4.69, 9.17) is 10.8 Å². The second-order valence-electron chi connectivity index (χ2n) is 3.64. The van der Waals surface area contributed by atoms with Crippen LogP contribution >= 0.6 is 0 Å². The second kappa shape index (κ2) is 5.04. The van der Waals surface area contributed by atoms with Crippen LogP contribution in [0.1, 0.15) is 20.8 Å². The van der Waals surface area contributed by atoms with E-state index >= 15 is 0 Å². The molecule has 2 unspecified atom stereocenters. The van der Waals surface area contributed by atoms with Gasteiger partial charge < -0.3 is 15.7 Å². The monoisotopic (exact) mass is 210 g/mol. The summed E-state index contributed by atoms with van der Waals surface area (Å²) in [4.78, 5) is 10.4. The van der Waals surface area contributed by atoms with Gasteiger partial charge in [0.05, 0.1) is 12.9 Å². The van der Waals surface area contributed by atoms with E-state index in [-0.39, 0.29) is 12.7 Å². The van der Waals surface area contributed by atoms with Crippen LogP contribution in [0.5, 0.6) is 0 Å². The highest BCUT2D eigenvalue weighted by molar-refractivity contribution is 5.94. The lowest BCUT2D eigenvalue weighted by atomic mass is 10.2. The molecule has 1 heterocycles. The summed E-state index contributed by atoms with van der Waals surface area (Å²) in [6.07, 6.45) is 2.82. The van der Waals surface area contributed by atoms with Crippen LogP contribution < -0.4 is 5.73 Å². The van der Waals surface area contributed by atoms with Crippen LogP contribution in [0.3, 0.4) is 0 Å². The van der Waals surface area contributed by atoms with Gasteiger partial charge in [-0.3, -0.25) is 9.98 Å². The van der Waals surface area contributed by atoms with Crippen molar-refractivity contribution in [3.63, 3.8) is 0 Å². The first kappa shape index (κ1) is 11.9. The number of rotatable bonds is 3. The summed E-state index contributed by atoms with van der Waals surface area (Å²) in [7, 11) is 0. The highest BCUT2D eigenvalue weighted by atomic mass is 16.3. The lowest BCUT2D eigenvalue weighted by Gasteiger charge is -2.28. The number of aliphatic hydroxyl groups excluding tert-OH is 1. The molecule has 2 atom stereocenters. The van der Waals surface area contributed by atoms with Gasteiger partial charge in [0.15, 0.2) is 0 Å². The largest absolute Gasteiger partial charge is 0.377 e. The Labute approximate surface area is 90.0 Å². The molecule has 0 aromatic carbocycles. The van der Waals surface area contributed by atoms with Crippen molar-refractivity contribution in [2.45, 2.75) is 33.2 Å². The summed E-state index contributed by atoms with van der Waals surface area (Å²) >= 11 is 0. The van der Waals surface area contributed by atoms with Crippen LogP contribution in [0.15, 0.2) is 21.8 Å². The lowest BCUT2D eigenvalue weighted by molar-refractivity contribution is 0.191. The van der Waals surface area contributed by atoms with Crippen molar-refractivity contribution >= 4 is 12.1 Å². The van der Waals surface area contributed by atoms with Crippen LogP contribution in [0.2, 0.25) is 0 Å². The summed E-state index contributed by atoms with van der Waals surface area (Å²) in [5.41, 5.74) is 7.29. The van der Waals surface area contributed by atoms with Crippen LogP contribution in [0, 0.1) is 0 Å². The van der Waals surface area contributed by atoms with Gasteiger partial charge in [-0.05, 0) is 26.8 Å². The smallest absolute Gasteiger partial charge is 0.123 e. The molecule has 3 N–H and O–H groups in total. The molecule has 0 aliphatic carbocycles. The van der Waals surface area contributed by atoms with Crippen molar-refractivity contribution in [2.24, 2.45) is 15.7 Å². The van der Waals surface area contributed by atoms with E-state index in [2.05, 4.69) is 9.98 Å². The van der Waals surface area contributed by atoms with Crippen molar-refractivity contribution in [1.82, 2.24) is 4.90 Å². The molecule has 1 aliphatic rings. The fourth-order valence-corrected chi connectivity index (χ4v) is 1.50. The third-order valence-corrected chi connectivity index (χ3v) is 2.12. The standard InChI is InChI=1S/C10H18N4O/c1-7-4-8(2)14(9(3)13-7)6-12-5-10(11)15/h4,6,9-10,15H,5,11H2,1-3H3. The van der Waals surface area contributed by atoms with E-state index in [0.29, 0.717) is 0 Å². The summed E-state index contributed by atoms with van der Waals surface area (Å²) < 4.78 is 0. The molecule has 0 spiro atoms. The summed E-state index contributed by atoms with van der Waals surface area (Å²) in [5.74, 6) is 0. The normalized spacial score (nSPS) is 24.1. The first-order valence-corrected chi connectivity index (χ1v) is 4.95. The number of nitrogens with two attached hydrogens (primary N) is 1. The Morgan fingerprint density at radius 3 is 2.93 bits per heavy atom. The molecule has 0 fully saturated rings. The summed E-state index contributed by atoms with van der Waals surface area (Å²) in [6, 6.07) is 0. The third kappa shape index (κ3) is 3.45. The number of aliphatic hydroxyl groups is 1. The fraction of sp³-hybridized carbons (Fsp3) is 0.600. The van der Waals surface area contributed by atoms with Gasteiger partial charge in [0.1, 0.15) is 12.4 Å². The summed E-state index contributed by atoms with van der Waals surface area (Å²) in [6.45, 7) is 6.17. The SMILES string of the molecule is CC1=CC(C)=NC(C)N1C=NCC(N)O. The minimum atomic E-state index is -0.893. The van der Waals surface area contributed by atoms with Gasteiger partial charge in [-0.2, -0.15) is 0 Å². The minimum absolute atomic E-state index is 0.0497. The van der Waals surface area contributed by atoms with E-state index in [1.165, 1.54) is 0 Å². The topological polar surface area (TPSA) is 74.2 Å². The Morgan fingerprint density at radius 2 is 2.40 bits per heavy atom. The molecule has 0 amide bonds. The van der Waals surface area contributed by atoms with Crippen molar-refractivity contribution < 1.29 is 5.11 Å². The molecule has 0 radical (unpaired) electrons.